The van der Waals surface area contributed by atoms with Gasteiger partial charge in [0.2, 0.25) is 0 Å². The van der Waals surface area contributed by atoms with E-state index in [2.05, 4.69) is 22.1 Å². The molecular weight excluding hydrogens is 729 g/mol. The van der Waals surface area contributed by atoms with Crippen LogP contribution in [0.3, 0.4) is 0 Å². The van der Waals surface area contributed by atoms with Crippen LogP contribution in [0.15, 0.2) is 95.7 Å². The first kappa shape index (κ1) is 18.8. The van der Waals surface area contributed by atoms with Gasteiger partial charge in [0.25, 0.3) is 0 Å². The third-order valence-corrected chi connectivity index (χ3v) is 6.97. The summed E-state index contributed by atoms with van der Waals surface area (Å²) in [6, 6.07) is 27.7. The third-order valence-electron chi connectivity index (χ3n) is 6.97. The van der Waals surface area contributed by atoms with Crippen LogP contribution in [0.1, 0.15) is 67.8 Å². The van der Waals surface area contributed by atoms with E-state index >= 15 is 0 Å². The van der Waals surface area contributed by atoms with Gasteiger partial charge in [-0.25, -0.2) is 0 Å². The van der Waals surface area contributed by atoms with E-state index < -0.39 is 39.2 Å². The molecule has 7 aromatic rings. The maximum absolute atomic E-state index is 8.67. The molecule has 0 saturated carbocycles. The Balaban J connectivity index is 0.000000235. The molecule has 3 aromatic heterocycles. The van der Waals surface area contributed by atoms with Crippen molar-refractivity contribution < 1.29 is 43.7 Å². The molecule has 229 valence electrons. The van der Waals surface area contributed by atoms with Crippen LogP contribution in [0.2, 0.25) is 0 Å². The molecule has 0 atom stereocenters. The number of aromatic nitrogens is 2. The van der Waals surface area contributed by atoms with Crippen LogP contribution in [0.25, 0.3) is 55.2 Å². The summed E-state index contributed by atoms with van der Waals surface area (Å²) in [5, 5.41) is 3.12. The summed E-state index contributed by atoms with van der Waals surface area (Å²) in [7, 11) is 0. The van der Waals surface area contributed by atoms with Crippen molar-refractivity contribution in [1.29, 1.82) is 0 Å². The van der Waals surface area contributed by atoms with Gasteiger partial charge in [0, 0.05) is 62.5 Å². The van der Waals surface area contributed by atoms with Crippen LogP contribution >= 0.6 is 0 Å². The Kier molecular flexibility index (Phi) is 5.46. The fourth-order valence-electron chi connectivity index (χ4n) is 5.01. The zero-order valence-corrected chi connectivity index (χ0v) is 27.2. The van der Waals surface area contributed by atoms with Crippen molar-refractivity contribution in [1.82, 2.24) is 9.97 Å². The number of furan rings is 1. The van der Waals surface area contributed by atoms with Gasteiger partial charge < -0.3 is 14.4 Å². The van der Waals surface area contributed by atoms with Crippen molar-refractivity contribution in [3.05, 3.63) is 131 Å². The predicted molar refractivity (Wildman–Crippen MR) is 184 cm³/mol. The molecule has 0 amide bonds. The van der Waals surface area contributed by atoms with Crippen molar-refractivity contribution >= 4 is 32.7 Å². The average Bonchev–Trinajstić information content (AvgIpc) is 3.53. The van der Waals surface area contributed by atoms with Crippen LogP contribution < -0.4 is 0 Å². The number of pyridine rings is 2. The summed E-state index contributed by atoms with van der Waals surface area (Å²) in [6.45, 7) is -4.26. The minimum absolute atomic E-state index is 0. The topological polar surface area (TPSA) is 38.9 Å². The fourth-order valence-corrected chi connectivity index (χ4v) is 5.01. The average molecular weight is 781 g/mol. The number of hydrogen-bond acceptors (Lipinski definition) is 3. The maximum Gasteiger partial charge on any atom is 0.128 e. The number of benzene rings is 4. The largest absolute Gasteiger partial charge is 0.500 e. The second kappa shape index (κ2) is 13.1. The Morgan fingerprint density at radius 2 is 1.62 bits per heavy atom. The van der Waals surface area contributed by atoms with E-state index in [1.165, 1.54) is 30.3 Å². The monoisotopic (exact) mass is 781 g/mol. The molecule has 0 spiro atoms. The number of rotatable bonds is 3. The van der Waals surface area contributed by atoms with Crippen molar-refractivity contribution in [2.45, 2.75) is 54.6 Å². The standard InChI is InChI=1S/C27H24NO.C14H14N.Ir/c1-17-9-11-21(23-15-18(13-14-28-23)16-27(2,3)4)26-24(17)22-12-10-19-7-5-6-8-20(19)25(22)29-26;1-10-4-6-13(7-5-10)14-8-11(2)12(3)9-15-14;/h5-10,12-15H,16H2,1-4H3;4-6,8-9H,1-3H3;/q2*-1;/i1D3,16D2;1D3,2D3,3D3;. The summed E-state index contributed by atoms with van der Waals surface area (Å²) in [6.07, 6.45) is 0.992. The first-order valence-corrected chi connectivity index (χ1v) is 14.0. The number of fused-ring (bicyclic) bond motifs is 5. The van der Waals surface area contributed by atoms with Crippen LogP contribution in [-0.2, 0) is 26.5 Å². The molecule has 0 fully saturated rings. The molecule has 3 heterocycles. The van der Waals surface area contributed by atoms with Crippen LogP contribution in [-0.4, -0.2) is 9.97 Å². The normalized spacial score (nSPS) is 17.4. The van der Waals surface area contributed by atoms with Crippen molar-refractivity contribution in [3.63, 3.8) is 0 Å². The predicted octanol–water partition coefficient (Wildman–Crippen LogP) is 11.0. The van der Waals surface area contributed by atoms with Gasteiger partial charge in [-0.05, 0) is 53.9 Å². The Morgan fingerprint density at radius 3 is 2.38 bits per heavy atom. The minimum Gasteiger partial charge on any atom is -0.500 e. The Bertz CT molecular complexity index is 2630. The maximum atomic E-state index is 8.67. The quantitative estimate of drug-likeness (QED) is 0.168. The SMILES string of the molecule is [2H]C([2H])([2H])c1c[c-]c(-c2cc(C([2H])([2H])C(C)(C)C)ccn2)c2oc3c4ccccc4ccc3c12.[2H]C([2H])([2H])c1c[c-]c(-c2cc(C([2H])([2H])[2H])c(C([2H])([2H])[2H])cn2)cc1.[Ir]. The van der Waals surface area contributed by atoms with Crippen LogP contribution in [0.4, 0.5) is 0 Å². The molecule has 0 bridgehead atoms. The molecule has 4 heteroatoms. The Labute approximate surface area is 299 Å². The summed E-state index contributed by atoms with van der Waals surface area (Å²) in [5.74, 6) is 0. The second-order valence-corrected chi connectivity index (χ2v) is 11.5. The van der Waals surface area contributed by atoms with Crippen LogP contribution in [0.5, 0.6) is 0 Å². The van der Waals surface area contributed by atoms with E-state index in [9.17, 15) is 0 Å². The van der Waals surface area contributed by atoms with Crippen molar-refractivity contribution in [3.8, 4) is 22.5 Å². The van der Waals surface area contributed by atoms with Gasteiger partial charge in [-0.2, -0.15) is 0 Å². The summed E-state index contributed by atoms with van der Waals surface area (Å²) in [4.78, 5) is 8.48. The third kappa shape index (κ3) is 6.93. The molecule has 1 radical (unpaired) electrons. The molecule has 0 saturated heterocycles. The molecule has 4 aromatic carbocycles. The molecule has 45 heavy (non-hydrogen) atoms. The molecular formula is C41H38IrN2O-2. The molecule has 0 aliphatic heterocycles. The van der Waals surface area contributed by atoms with Gasteiger partial charge in [0.1, 0.15) is 5.58 Å². The van der Waals surface area contributed by atoms with Gasteiger partial charge in [0.05, 0.1) is 5.58 Å². The van der Waals surface area contributed by atoms with E-state index in [1.807, 2.05) is 57.2 Å². The van der Waals surface area contributed by atoms with Gasteiger partial charge in [0.15, 0.2) is 0 Å². The van der Waals surface area contributed by atoms with Gasteiger partial charge in [-0.15, -0.1) is 53.1 Å². The zero-order valence-electron chi connectivity index (χ0n) is 38.8. The molecule has 0 N–H and O–H groups in total. The van der Waals surface area contributed by atoms with Gasteiger partial charge in [-0.1, -0.05) is 105 Å². The zero-order chi connectivity index (χ0) is 42.8. The number of aryl methyl sites for hydroxylation is 4. The van der Waals surface area contributed by atoms with Crippen molar-refractivity contribution in [2.24, 2.45) is 5.41 Å². The Morgan fingerprint density at radius 1 is 0.778 bits per heavy atom. The van der Waals surface area contributed by atoms with E-state index in [0.29, 0.717) is 38.9 Å². The molecule has 7 rings (SSSR count). The first-order valence-electron chi connectivity index (χ1n) is 21.0. The number of nitrogens with zero attached hydrogens (tertiary/aromatic N) is 2. The smallest absolute Gasteiger partial charge is 0.128 e. The van der Waals surface area contributed by atoms with Gasteiger partial charge in [-0.3, -0.25) is 0 Å². The van der Waals surface area contributed by atoms with E-state index in [-0.39, 0.29) is 48.1 Å². The van der Waals surface area contributed by atoms with E-state index in [1.54, 1.807) is 18.3 Å². The number of hydrogen-bond donors (Lipinski definition) is 0. The summed E-state index contributed by atoms with van der Waals surface area (Å²) < 4.78 is 115. The Hall–Kier alpha value is -4.11. The minimum atomic E-state index is -2.61. The molecule has 0 aliphatic carbocycles. The van der Waals surface area contributed by atoms with Crippen LogP contribution in [0, 0.1) is 45.0 Å². The molecule has 3 nitrogen and oxygen atoms in total. The molecule has 0 aliphatic rings. The summed E-state index contributed by atoms with van der Waals surface area (Å²) >= 11 is 0. The summed E-state index contributed by atoms with van der Waals surface area (Å²) in [5.41, 5.74) is 2.08. The van der Waals surface area contributed by atoms with Gasteiger partial charge >= 0.3 is 0 Å². The second-order valence-electron chi connectivity index (χ2n) is 11.5. The first-order chi connectivity index (χ1) is 26.7. The fraction of sp³-hybridized carbons (Fsp3) is 0.220. The molecule has 0 unspecified atom stereocenters. The van der Waals surface area contributed by atoms with E-state index in [4.69, 9.17) is 23.6 Å². The van der Waals surface area contributed by atoms with E-state index in [0.717, 1.165) is 22.4 Å². The van der Waals surface area contributed by atoms with Crippen molar-refractivity contribution in [2.75, 3.05) is 0 Å².